The Morgan fingerprint density at radius 1 is 1.65 bits per heavy atom. The van der Waals surface area contributed by atoms with E-state index in [1.165, 1.54) is 0 Å². The van der Waals surface area contributed by atoms with Crippen LogP contribution in [-0.4, -0.2) is 50.6 Å². The highest BCUT2D eigenvalue weighted by Crippen LogP contribution is 2.03. The van der Waals surface area contributed by atoms with Crippen molar-refractivity contribution in [2.24, 2.45) is 0 Å². The van der Waals surface area contributed by atoms with E-state index in [0.717, 1.165) is 5.56 Å². The lowest BCUT2D eigenvalue weighted by Gasteiger charge is -2.16. The van der Waals surface area contributed by atoms with Gasteiger partial charge >= 0.3 is 5.97 Å². The highest BCUT2D eigenvalue weighted by Gasteiger charge is 2.09. The molecule has 1 aromatic rings. The van der Waals surface area contributed by atoms with Gasteiger partial charge in [0.15, 0.2) is 0 Å². The SMILES string of the molecule is C=CCN(CC(=O)O)Cc1cnn(CCO)c1. The lowest BCUT2D eigenvalue weighted by atomic mass is 10.3. The second-order valence-corrected chi connectivity index (χ2v) is 3.69. The first-order valence-corrected chi connectivity index (χ1v) is 5.33. The summed E-state index contributed by atoms with van der Waals surface area (Å²) in [5.74, 6) is -0.866. The van der Waals surface area contributed by atoms with E-state index in [9.17, 15) is 4.79 Å². The number of carboxylic acids is 1. The van der Waals surface area contributed by atoms with Crippen molar-refractivity contribution in [1.82, 2.24) is 14.7 Å². The molecule has 17 heavy (non-hydrogen) atoms. The van der Waals surface area contributed by atoms with E-state index in [1.807, 2.05) is 0 Å². The third kappa shape index (κ3) is 4.80. The van der Waals surface area contributed by atoms with Gasteiger partial charge in [0, 0.05) is 24.8 Å². The monoisotopic (exact) mass is 239 g/mol. The minimum Gasteiger partial charge on any atom is -0.480 e. The molecule has 0 unspecified atom stereocenters. The van der Waals surface area contributed by atoms with Crippen LogP contribution in [0.5, 0.6) is 0 Å². The highest BCUT2D eigenvalue weighted by molar-refractivity contribution is 5.69. The lowest BCUT2D eigenvalue weighted by Crippen LogP contribution is -2.29. The maximum Gasteiger partial charge on any atom is 0.317 e. The van der Waals surface area contributed by atoms with E-state index in [-0.39, 0.29) is 13.2 Å². The van der Waals surface area contributed by atoms with Gasteiger partial charge in [-0.05, 0) is 0 Å². The molecule has 2 N–H and O–H groups in total. The zero-order valence-corrected chi connectivity index (χ0v) is 9.62. The number of carboxylic acid groups (broad SMARTS) is 1. The van der Waals surface area contributed by atoms with Gasteiger partial charge in [-0.1, -0.05) is 6.08 Å². The molecule has 0 aliphatic rings. The molecule has 0 aliphatic heterocycles. The standard InChI is InChI=1S/C11H17N3O3/c1-2-3-13(9-11(16)17)7-10-6-12-14(8-10)4-5-15/h2,6,8,15H,1,3-5,7,9H2,(H,16,17). The van der Waals surface area contributed by atoms with Crippen molar-refractivity contribution in [3.05, 3.63) is 30.6 Å². The molecule has 0 aliphatic carbocycles. The van der Waals surface area contributed by atoms with Gasteiger partial charge < -0.3 is 10.2 Å². The predicted octanol–water partition coefficient (Wildman–Crippen LogP) is -0.0520. The van der Waals surface area contributed by atoms with Gasteiger partial charge in [0.05, 0.1) is 25.9 Å². The minimum atomic E-state index is -0.866. The molecule has 0 spiro atoms. The second kappa shape index (κ2) is 6.82. The molecule has 0 fully saturated rings. The zero-order valence-electron chi connectivity index (χ0n) is 9.62. The van der Waals surface area contributed by atoms with E-state index in [1.54, 1.807) is 28.1 Å². The summed E-state index contributed by atoms with van der Waals surface area (Å²) in [7, 11) is 0. The van der Waals surface area contributed by atoms with Crippen LogP contribution in [0.15, 0.2) is 25.0 Å². The smallest absolute Gasteiger partial charge is 0.317 e. The summed E-state index contributed by atoms with van der Waals surface area (Å²) in [6.45, 7) is 5.06. The Bertz CT molecular complexity index is 376. The van der Waals surface area contributed by atoms with Crippen molar-refractivity contribution in [1.29, 1.82) is 0 Å². The number of aliphatic carboxylic acids is 1. The van der Waals surface area contributed by atoms with E-state index >= 15 is 0 Å². The Morgan fingerprint density at radius 2 is 2.41 bits per heavy atom. The maximum atomic E-state index is 10.7. The average Bonchev–Trinajstić information content (AvgIpc) is 2.65. The Hall–Kier alpha value is -1.66. The summed E-state index contributed by atoms with van der Waals surface area (Å²) in [5, 5.41) is 21.6. The normalized spacial score (nSPS) is 10.7. The number of aliphatic hydroxyl groups excluding tert-OH is 1. The molecule has 0 radical (unpaired) electrons. The number of nitrogens with zero attached hydrogens (tertiary/aromatic N) is 3. The summed E-state index contributed by atoms with van der Waals surface area (Å²) in [4.78, 5) is 12.4. The van der Waals surface area contributed by atoms with Crippen LogP contribution in [0.1, 0.15) is 5.56 Å². The van der Waals surface area contributed by atoms with Crippen molar-refractivity contribution in [3.63, 3.8) is 0 Å². The van der Waals surface area contributed by atoms with Gasteiger partial charge in [-0.2, -0.15) is 5.10 Å². The van der Waals surface area contributed by atoms with Gasteiger partial charge in [-0.25, -0.2) is 0 Å². The van der Waals surface area contributed by atoms with Crippen LogP contribution >= 0.6 is 0 Å². The van der Waals surface area contributed by atoms with Crippen molar-refractivity contribution in [3.8, 4) is 0 Å². The van der Waals surface area contributed by atoms with Crippen LogP contribution in [0.2, 0.25) is 0 Å². The quantitative estimate of drug-likeness (QED) is 0.622. The Morgan fingerprint density at radius 3 is 3.00 bits per heavy atom. The van der Waals surface area contributed by atoms with Crippen LogP contribution < -0.4 is 0 Å². The Kier molecular flexibility index (Phi) is 5.38. The van der Waals surface area contributed by atoms with Gasteiger partial charge in [-0.15, -0.1) is 6.58 Å². The lowest BCUT2D eigenvalue weighted by molar-refractivity contribution is -0.138. The third-order valence-electron chi connectivity index (χ3n) is 2.17. The summed E-state index contributed by atoms with van der Waals surface area (Å²) < 4.78 is 1.63. The summed E-state index contributed by atoms with van der Waals surface area (Å²) in [6.07, 6.45) is 5.14. The van der Waals surface area contributed by atoms with Crippen LogP contribution in [0, 0.1) is 0 Å². The fraction of sp³-hybridized carbons (Fsp3) is 0.455. The van der Waals surface area contributed by atoms with Crippen molar-refractivity contribution in [2.75, 3.05) is 19.7 Å². The van der Waals surface area contributed by atoms with Crippen molar-refractivity contribution >= 4 is 5.97 Å². The molecule has 1 aromatic heterocycles. The zero-order chi connectivity index (χ0) is 12.7. The fourth-order valence-corrected chi connectivity index (χ4v) is 1.53. The maximum absolute atomic E-state index is 10.7. The average molecular weight is 239 g/mol. The molecule has 0 saturated carbocycles. The molecule has 6 heteroatoms. The van der Waals surface area contributed by atoms with Gasteiger partial charge in [0.2, 0.25) is 0 Å². The summed E-state index contributed by atoms with van der Waals surface area (Å²) in [5.41, 5.74) is 0.918. The number of aliphatic hydroxyl groups is 1. The van der Waals surface area contributed by atoms with Crippen LogP contribution in [-0.2, 0) is 17.9 Å². The molecular formula is C11H17N3O3. The number of rotatable bonds is 8. The van der Waals surface area contributed by atoms with E-state index in [4.69, 9.17) is 10.2 Å². The van der Waals surface area contributed by atoms with E-state index < -0.39 is 5.97 Å². The van der Waals surface area contributed by atoms with E-state index in [2.05, 4.69) is 11.7 Å². The first-order chi connectivity index (χ1) is 8.15. The highest BCUT2D eigenvalue weighted by atomic mass is 16.4. The minimum absolute atomic E-state index is 0.0306. The fourth-order valence-electron chi connectivity index (χ4n) is 1.53. The molecule has 0 saturated heterocycles. The Labute approximate surface area is 99.8 Å². The number of carbonyl (C=O) groups is 1. The van der Waals surface area contributed by atoms with Gasteiger partial charge in [-0.3, -0.25) is 14.4 Å². The van der Waals surface area contributed by atoms with E-state index in [0.29, 0.717) is 19.6 Å². The predicted molar refractivity (Wildman–Crippen MR) is 62.4 cm³/mol. The molecule has 0 aromatic carbocycles. The summed E-state index contributed by atoms with van der Waals surface area (Å²) in [6, 6.07) is 0. The van der Waals surface area contributed by atoms with Crippen molar-refractivity contribution in [2.45, 2.75) is 13.1 Å². The molecular weight excluding hydrogens is 222 g/mol. The molecule has 94 valence electrons. The molecule has 1 rings (SSSR count). The Balaban J connectivity index is 2.57. The largest absolute Gasteiger partial charge is 0.480 e. The molecule has 0 bridgehead atoms. The first-order valence-electron chi connectivity index (χ1n) is 5.33. The van der Waals surface area contributed by atoms with Gasteiger partial charge in [0.25, 0.3) is 0 Å². The summed E-state index contributed by atoms with van der Waals surface area (Å²) >= 11 is 0. The second-order valence-electron chi connectivity index (χ2n) is 3.69. The van der Waals surface area contributed by atoms with Crippen molar-refractivity contribution < 1.29 is 15.0 Å². The molecule has 0 atom stereocenters. The third-order valence-corrected chi connectivity index (χ3v) is 2.17. The number of hydrogen-bond acceptors (Lipinski definition) is 4. The van der Waals surface area contributed by atoms with Crippen LogP contribution in [0.4, 0.5) is 0 Å². The first kappa shape index (κ1) is 13.4. The molecule has 6 nitrogen and oxygen atoms in total. The number of aromatic nitrogens is 2. The van der Waals surface area contributed by atoms with Gasteiger partial charge in [0.1, 0.15) is 0 Å². The molecule has 1 heterocycles. The topological polar surface area (TPSA) is 78.6 Å². The molecule has 0 amide bonds. The van der Waals surface area contributed by atoms with Crippen LogP contribution in [0.3, 0.4) is 0 Å². The van der Waals surface area contributed by atoms with Crippen LogP contribution in [0.25, 0.3) is 0 Å². The number of hydrogen-bond donors (Lipinski definition) is 2.